The molecular formula is C12H17N3O2S. The molecule has 98 valence electrons. The number of carbonyl (C=O) groups excluding carboxylic acids is 2. The predicted octanol–water partition coefficient (Wildman–Crippen LogP) is 1.42. The Balaban J connectivity index is 2.24. The van der Waals surface area contributed by atoms with Crippen LogP contribution in [-0.2, 0) is 16.6 Å². The van der Waals surface area contributed by atoms with Crippen molar-refractivity contribution in [1.82, 2.24) is 9.78 Å². The molecule has 0 radical (unpaired) electrons. The molecule has 0 N–H and O–H groups in total. The van der Waals surface area contributed by atoms with Crippen LogP contribution in [0.3, 0.4) is 0 Å². The number of carbonyl (C=O) groups is 2. The molecule has 0 bridgehead atoms. The SMILES string of the molecule is CC(=O)SC1CC(=O)N(c2c(C)nn(C)c2C)C1. The Kier molecular flexibility index (Phi) is 3.47. The highest BCUT2D eigenvalue weighted by Crippen LogP contribution is 2.32. The van der Waals surface area contributed by atoms with Crippen LogP contribution < -0.4 is 4.90 Å². The maximum Gasteiger partial charge on any atom is 0.228 e. The van der Waals surface area contributed by atoms with Crippen molar-refractivity contribution < 1.29 is 9.59 Å². The molecule has 2 heterocycles. The number of rotatable bonds is 2. The Hall–Kier alpha value is -1.30. The van der Waals surface area contributed by atoms with Gasteiger partial charge in [-0.2, -0.15) is 5.10 Å². The summed E-state index contributed by atoms with van der Waals surface area (Å²) in [6.45, 7) is 5.99. The van der Waals surface area contributed by atoms with Gasteiger partial charge in [0, 0.05) is 32.2 Å². The van der Waals surface area contributed by atoms with E-state index in [-0.39, 0.29) is 16.3 Å². The molecule has 1 aliphatic heterocycles. The van der Waals surface area contributed by atoms with Gasteiger partial charge in [0.1, 0.15) is 0 Å². The van der Waals surface area contributed by atoms with Crippen LogP contribution in [0.1, 0.15) is 24.7 Å². The predicted molar refractivity (Wildman–Crippen MR) is 71.7 cm³/mol. The lowest BCUT2D eigenvalue weighted by molar-refractivity contribution is -0.117. The van der Waals surface area contributed by atoms with Crippen LogP contribution in [-0.4, -0.2) is 32.6 Å². The molecular weight excluding hydrogens is 250 g/mol. The van der Waals surface area contributed by atoms with Gasteiger partial charge in [-0.1, -0.05) is 11.8 Å². The van der Waals surface area contributed by atoms with Crippen molar-refractivity contribution >= 4 is 28.5 Å². The number of amides is 1. The summed E-state index contributed by atoms with van der Waals surface area (Å²) in [6, 6.07) is 0. The number of aromatic nitrogens is 2. The van der Waals surface area contributed by atoms with Crippen molar-refractivity contribution in [1.29, 1.82) is 0 Å². The van der Waals surface area contributed by atoms with Crippen molar-refractivity contribution in [3.63, 3.8) is 0 Å². The minimum Gasteiger partial charge on any atom is -0.308 e. The minimum atomic E-state index is 0.0639. The van der Waals surface area contributed by atoms with Gasteiger partial charge in [-0.15, -0.1) is 0 Å². The fraction of sp³-hybridized carbons (Fsp3) is 0.583. The molecule has 1 aromatic rings. The van der Waals surface area contributed by atoms with Gasteiger partial charge in [-0.3, -0.25) is 14.3 Å². The van der Waals surface area contributed by atoms with Crippen LogP contribution in [0.25, 0.3) is 0 Å². The lowest BCUT2D eigenvalue weighted by atomic mass is 10.3. The second-order valence-electron chi connectivity index (χ2n) is 4.58. The Labute approximate surface area is 111 Å². The van der Waals surface area contributed by atoms with E-state index in [1.165, 1.54) is 11.8 Å². The third-order valence-electron chi connectivity index (χ3n) is 3.16. The number of hydrogen-bond acceptors (Lipinski definition) is 4. The summed E-state index contributed by atoms with van der Waals surface area (Å²) in [5.74, 6) is 0.0768. The summed E-state index contributed by atoms with van der Waals surface area (Å²) < 4.78 is 1.78. The third kappa shape index (κ3) is 2.29. The van der Waals surface area contributed by atoms with Gasteiger partial charge in [-0.05, 0) is 13.8 Å². The van der Waals surface area contributed by atoms with Gasteiger partial charge in [-0.25, -0.2) is 0 Å². The topological polar surface area (TPSA) is 55.2 Å². The first-order valence-electron chi connectivity index (χ1n) is 5.88. The van der Waals surface area contributed by atoms with Crippen LogP contribution >= 0.6 is 11.8 Å². The van der Waals surface area contributed by atoms with Gasteiger partial charge >= 0.3 is 0 Å². The molecule has 0 aromatic carbocycles. The maximum atomic E-state index is 12.0. The molecule has 0 aliphatic carbocycles. The molecule has 1 aromatic heterocycles. The van der Waals surface area contributed by atoms with Crippen LogP contribution in [0.2, 0.25) is 0 Å². The minimum absolute atomic E-state index is 0.0639. The highest BCUT2D eigenvalue weighted by Gasteiger charge is 2.34. The molecule has 5 nitrogen and oxygen atoms in total. The Bertz CT molecular complexity index is 510. The molecule has 1 unspecified atom stereocenters. The summed E-state index contributed by atoms with van der Waals surface area (Å²) in [4.78, 5) is 24.9. The third-order valence-corrected chi connectivity index (χ3v) is 4.14. The van der Waals surface area contributed by atoms with E-state index in [9.17, 15) is 9.59 Å². The quantitative estimate of drug-likeness (QED) is 0.813. The van der Waals surface area contributed by atoms with Crippen molar-refractivity contribution in [2.75, 3.05) is 11.4 Å². The van der Waals surface area contributed by atoms with E-state index in [2.05, 4.69) is 5.10 Å². The van der Waals surface area contributed by atoms with Crippen LogP contribution in [0.5, 0.6) is 0 Å². The lowest BCUT2D eigenvalue weighted by Crippen LogP contribution is -2.26. The molecule has 18 heavy (non-hydrogen) atoms. The summed E-state index contributed by atoms with van der Waals surface area (Å²) in [7, 11) is 1.87. The first-order valence-corrected chi connectivity index (χ1v) is 6.76. The molecule has 6 heteroatoms. The zero-order valence-electron chi connectivity index (χ0n) is 11.1. The summed E-state index contributed by atoms with van der Waals surface area (Å²) in [6.07, 6.45) is 0.429. The first-order chi connectivity index (χ1) is 8.40. The highest BCUT2D eigenvalue weighted by atomic mass is 32.2. The number of hydrogen-bond donors (Lipinski definition) is 0. The van der Waals surface area contributed by atoms with Crippen LogP contribution in [0.4, 0.5) is 5.69 Å². The van der Waals surface area contributed by atoms with Crippen molar-refractivity contribution in [2.45, 2.75) is 32.4 Å². The second-order valence-corrected chi connectivity index (χ2v) is 6.06. The molecule has 0 spiro atoms. The van der Waals surface area contributed by atoms with E-state index in [1.54, 1.807) is 16.5 Å². The molecule has 1 amide bonds. The van der Waals surface area contributed by atoms with Gasteiger partial charge < -0.3 is 4.90 Å². The average molecular weight is 267 g/mol. The molecule has 1 fully saturated rings. The fourth-order valence-corrected chi connectivity index (χ4v) is 3.28. The largest absolute Gasteiger partial charge is 0.308 e. The van der Waals surface area contributed by atoms with Gasteiger partial charge in [0.2, 0.25) is 5.91 Å². The monoisotopic (exact) mass is 267 g/mol. The number of aryl methyl sites for hydroxylation is 2. The Morgan fingerprint density at radius 3 is 2.61 bits per heavy atom. The number of anilines is 1. The van der Waals surface area contributed by atoms with E-state index in [4.69, 9.17) is 0 Å². The zero-order valence-corrected chi connectivity index (χ0v) is 11.9. The van der Waals surface area contributed by atoms with E-state index in [0.717, 1.165) is 17.1 Å². The first kappa shape index (κ1) is 13.1. The van der Waals surface area contributed by atoms with Crippen molar-refractivity contribution in [3.05, 3.63) is 11.4 Å². The highest BCUT2D eigenvalue weighted by molar-refractivity contribution is 8.14. The summed E-state index contributed by atoms with van der Waals surface area (Å²) in [5.41, 5.74) is 2.74. The van der Waals surface area contributed by atoms with Gasteiger partial charge in [0.15, 0.2) is 5.12 Å². The van der Waals surface area contributed by atoms with E-state index >= 15 is 0 Å². The number of nitrogens with zero attached hydrogens (tertiary/aromatic N) is 3. The second kappa shape index (κ2) is 4.76. The summed E-state index contributed by atoms with van der Waals surface area (Å²) in [5, 5.41) is 4.45. The molecule has 1 aliphatic rings. The van der Waals surface area contributed by atoms with E-state index in [0.29, 0.717) is 13.0 Å². The number of thioether (sulfide) groups is 1. The summed E-state index contributed by atoms with van der Waals surface area (Å²) >= 11 is 1.25. The zero-order chi connectivity index (χ0) is 13.4. The molecule has 0 saturated carbocycles. The standard InChI is InChI=1S/C12H17N3O2S/c1-7-12(8(2)14(4)13-7)15-6-10(5-11(15)17)18-9(3)16/h10H,5-6H2,1-4H3. The van der Waals surface area contributed by atoms with Crippen molar-refractivity contribution in [2.24, 2.45) is 7.05 Å². The van der Waals surface area contributed by atoms with Crippen LogP contribution in [0, 0.1) is 13.8 Å². The van der Waals surface area contributed by atoms with Crippen LogP contribution in [0.15, 0.2) is 0 Å². The smallest absolute Gasteiger partial charge is 0.228 e. The van der Waals surface area contributed by atoms with Gasteiger partial charge in [0.25, 0.3) is 0 Å². The maximum absolute atomic E-state index is 12.0. The Morgan fingerprint density at radius 2 is 2.11 bits per heavy atom. The molecule has 2 rings (SSSR count). The fourth-order valence-electron chi connectivity index (χ4n) is 2.36. The lowest BCUT2D eigenvalue weighted by Gasteiger charge is -2.16. The van der Waals surface area contributed by atoms with E-state index < -0.39 is 0 Å². The van der Waals surface area contributed by atoms with Crippen molar-refractivity contribution in [3.8, 4) is 0 Å². The normalized spacial score (nSPS) is 19.7. The Morgan fingerprint density at radius 1 is 1.44 bits per heavy atom. The molecule has 1 saturated heterocycles. The van der Waals surface area contributed by atoms with E-state index in [1.807, 2.05) is 20.9 Å². The molecule has 1 atom stereocenters. The van der Waals surface area contributed by atoms with Gasteiger partial charge in [0.05, 0.1) is 17.1 Å². The average Bonchev–Trinajstić information content (AvgIpc) is 2.69.